The summed E-state index contributed by atoms with van der Waals surface area (Å²) in [6.07, 6.45) is 1.64. The molecular formula is C21H23N5O2. The molecule has 0 atom stereocenters. The Labute approximate surface area is 164 Å². The van der Waals surface area contributed by atoms with Gasteiger partial charge in [-0.05, 0) is 62.4 Å². The minimum Gasteiger partial charge on any atom is -0.478 e. The van der Waals surface area contributed by atoms with E-state index in [-0.39, 0.29) is 5.56 Å². The molecule has 2 aromatic carbocycles. The molecule has 0 aliphatic heterocycles. The quantitative estimate of drug-likeness (QED) is 0.532. The third-order valence-corrected chi connectivity index (χ3v) is 4.29. The first-order valence-electron chi connectivity index (χ1n) is 9.14. The smallest absolute Gasteiger partial charge is 0.335 e. The van der Waals surface area contributed by atoms with Gasteiger partial charge in [0.15, 0.2) is 0 Å². The molecule has 3 N–H and O–H groups in total. The van der Waals surface area contributed by atoms with Crippen LogP contribution in [0.1, 0.15) is 24.2 Å². The van der Waals surface area contributed by atoms with Gasteiger partial charge in [0.05, 0.1) is 5.56 Å². The van der Waals surface area contributed by atoms with Gasteiger partial charge in [-0.2, -0.15) is 4.98 Å². The molecule has 0 saturated carbocycles. The average Bonchev–Trinajstić information content (AvgIpc) is 2.71. The number of rotatable bonds is 8. The van der Waals surface area contributed by atoms with Gasteiger partial charge in [0, 0.05) is 36.3 Å². The molecule has 0 aliphatic rings. The fourth-order valence-corrected chi connectivity index (χ4v) is 2.84. The van der Waals surface area contributed by atoms with E-state index in [1.54, 1.807) is 36.5 Å². The number of anilines is 5. The number of aromatic nitrogens is 2. The number of carbonyl (C=O) groups is 1. The van der Waals surface area contributed by atoms with Crippen LogP contribution in [0.5, 0.6) is 0 Å². The van der Waals surface area contributed by atoms with Crippen molar-refractivity contribution in [3.05, 3.63) is 66.4 Å². The van der Waals surface area contributed by atoms with Crippen molar-refractivity contribution in [2.45, 2.75) is 13.8 Å². The highest BCUT2D eigenvalue weighted by Gasteiger charge is 2.06. The predicted octanol–water partition coefficient (Wildman–Crippen LogP) is 4.51. The Morgan fingerprint density at radius 2 is 1.75 bits per heavy atom. The highest BCUT2D eigenvalue weighted by Crippen LogP contribution is 2.21. The van der Waals surface area contributed by atoms with Crippen LogP contribution < -0.4 is 15.5 Å². The Bertz CT molecular complexity index is 940. The van der Waals surface area contributed by atoms with Crippen LogP contribution in [-0.4, -0.2) is 34.1 Å². The number of hydrogen-bond donors (Lipinski definition) is 3. The monoisotopic (exact) mass is 377 g/mol. The van der Waals surface area contributed by atoms with Gasteiger partial charge in [0.2, 0.25) is 5.95 Å². The van der Waals surface area contributed by atoms with Gasteiger partial charge in [0.25, 0.3) is 0 Å². The highest BCUT2D eigenvalue weighted by molar-refractivity contribution is 5.89. The lowest BCUT2D eigenvalue weighted by Gasteiger charge is -2.21. The zero-order valence-corrected chi connectivity index (χ0v) is 15.9. The molecule has 28 heavy (non-hydrogen) atoms. The largest absolute Gasteiger partial charge is 0.478 e. The maximum atomic E-state index is 11.1. The molecule has 7 heteroatoms. The van der Waals surface area contributed by atoms with Crippen molar-refractivity contribution >= 4 is 34.8 Å². The van der Waals surface area contributed by atoms with Crippen LogP contribution in [0.25, 0.3) is 0 Å². The standard InChI is InChI=1S/C21H23N5O2/c1-3-26(4-2)18-10-8-16(9-11-18)24-21-22-13-12-19(25-21)23-17-7-5-6-15(14-17)20(27)28/h5-14H,3-4H2,1-2H3,(H,27,28)(H2,22,23,24,25). The van der Waals surface area contributed by atoms with Crippen LogP contribution >= 0.6 is 0 Å². The minimum atomic E-state index is -0.971. The van der Waals surface area contributed by atoms with E-state index in [2.05, 4.69) is 51.5 Å². The first-order chi connectivity index (χ1) is 13.6. The van der Waals surface area contributed by atoms with Crippen molar-refractivity contribution in [3.63, 3.8) is 0 Å². The van der Waals surface area contributed by atoms with Crippen LogP contribution in [0.2, 0.25) is 0 Å². The Morgan fingerprint density at radius 1 is 1.00 bits per heavy atom. The molecule has 0 fully saturated rings. The number of aromatic carboxylic acids is 1. The first kappa shape index (κ1) is 19.2. The van der Waals surface area contributed by atoms with E-state index in [0.717, 1.165) is 18.8 Å². The summed E-state index contributed by atoms with van der Waals surface area (Å²) < 4.78 is 0. The molecule has 144 valence electrons. The van der Waals surface area contributed by atoms with E-state index in [1.165, 1.54) is 5.69 Å². The second kappa shape index (κ2) is 8.85. The summed E-state index contributed by atoms with van der Waals surface area (Å²) in [4.78, 5) is 22.1. The molecule has 0 unspecified atom stereocenters. The molecule has 1 heterocycles. The summed E-state index contributed by atoms with van der Waals surface area (Å²) >= 11 is 0. The Balaban J connectivity index is 1.71. The van der Waals surface area contributed by atoms with Gasteiger partial charge >= 0.3 is 5.97 Å². The van der Waals surface area contributed by atoms with Gasteiger partial charge in [-0.25, -0.2) is 9.78 Å². The van der Waals surface area contributed by atoms with Gasteiger partial charge in [0.1, 0.15) is 5.82 Å². The molecule has 0 amide bonds. The van der Waals surface area contributed by atoms with E-state index >= 15 is 0 Å². The van der Waals surface area contributed by atoms with E-state index in [9.17, 15) is 4.79 Å². The van der Waals surface area contributed by atoms with Gasteiger partial charge < -0.3 is 20.6 Å². The highest BCUT2D eigenvalue weighted by atomic mass is 16.4. The fraction of sp³-hybridized carbons (Fsp3) is 0.190. The van der Waals surface area contributed by atoms with Gasteiger partial charge in [-0.3, -0.25) is 0 Å². The lowest BCUT2D eigenvalue weighted by atomic mass is 10.2. The number of nitrogens with zero attached hydrogens (tertiary/aromatic N) is 3. The second-order valence-corrected chi connectivity index (χ2v) is 6.12. The van der Waals surface area contributed by atoms with Crippen LogP contribution in [0.4, 0.5) is 28.8 Å². The summed E-state index contributed by atoms with van der Waals surface area (Å²) in [5.74, 6) is 0.0524. The summed E-state index contributed by atoms with van der Waals surface area (Å²) in [5.41, 5.74) is 2.92. The lowest BCUT2D eigenvalue weighted by Crippen LogP contribution is -2.21. The van der Waals surface area contributed by atoms with Crippen molar-refractivity contribution < 1.29 is 9.90 Å². The zero-order chi connectivity index (χ0) is 19.9. The lowest BCUT2D eigenvalue weighted by molar-refractivity contribution is 0.0697. The zero-order valence-electron chi connectivity index (χ0n) is 15.9. The number of hydrogen-bond acceptors (Lipinski definition) is 6. The molecule has 1 aromatic heterocycles. The summed E-state index contributed by atoms with van der Waals surface area (Å²) in [6, 6.07) is 16.4. The van der Waals surface area contributed by atoms with Crippen molar-refractivity contribution in [1.29, 1.82) is 0 Å². The molecule has 0 spiro atoms. The number of benzene rings is 2. The van der Waals surface area contributed by atoms with Crippen molar-refractivity contribution in [3.8, 4) is 0 Å². The third-order valence-electron chi connectivity index (χ3n) is 4.29. The normalized spacial score (nSPS) is 10.4. The van der Waals surface area contributed by atoms with Crippen molar-refractivity contribution in [1.82, 2.24) is 9.97 Å². The SMILES string of the molecule is CCN(CC)c1ccc(Nc2nccc(Nc3cccc(C(=O)O)c3)n2)cc1. The summed E-state index contributed by atoms with van der Waals surface area (Å²) in [6.45, 7) is 6.19. The molecule has 0 saturated heterocycles. The number of nitrogens with one attached hydrogen (secondary N) is 2. The molecule has 0 radical (unpaired) electrons. The summed E-state index contributed by atoms with van der Waals surface area (Å²) in [5, 5.41) is 15.4. The van der Waals surface area contributed by atoms with Crippen LogP contribution in [0, 0.1) is 0 Å². The molecule has 7 nitrogen and oxygen atoms in total. The van der Waals surface area contributed by atoms with E-state index in [0.29, 0.717) is 17.5 Å². The Kier molecular flexibility index (Phi) is 6.06. The molecule has 0 aliphatic carbocycles. The van der Waals surface area contributed by atoms with Crippen LogP contribution in [-0.2, 0) is 0 Å². The van der Waals surface area contributed by atoms with E-state index < -0.39 is 5.97 Å². The molecule has 3 rings (SSSR count). The van der Waals surface area contributed by atoms with E-state index in [4.69, 9.17) is 5.11 Å². The summed E-state index contributed by atoms with van der Waals surface area (Å²) in [7, 11) is 0. The fourth-order valence-electron chi connectivity index (χ4n) is 2.84. The minimum absolute atomic E-state index is 0.214. The van der Waals surface area contributed by atoms with Gasteiger partial charge in [-0.1, -0.05) is 6.07 Å². The molecule has 3 aromatic rings. The van der Waals surface area contributed by atoms with Crippen LogP contribution in [0.15, 0.2) is 60.8 Å². The third kappa shape index (κ3) is 4.76. The van der Waals surface area contributed by atoms with Crippen molar-refractivity contribution in [2.24, 2.45) is 0 Å². The van der Waals surface area contributed by atoms with Crippen molar-refractivity contribution in [2.75, 3.05) is 28.6 Å². The first-order valence-corrected chi connectivity index (χ1v) is 9.14. The second-order valence-electron chi connectivity index (χ2n) is 6.12. The van der Waals surface area contributed by atoms with E-state index in [1.807, 2.05) is 12.1 Å². The molecular weight excluding hydrogens is 354 g/mol. The number of carboxylic acid groups (broad SMARTS) is 1. The maximum Gasteiger partial charge on any atom is 0.335 e. The Hall–Kier alpha value is -3.61. The topological polar surface area (TPSA) is 90.4 Å². The van der Waals surface area contributed by atoms with Gasteiger partial charge in [-0.15, -0.1) is 0 Å². The Morgan fingerprint density at radius 3 is 2.43 bits per heavy atom. The number of carboxylic acids is 1. The average molecular weight is 377 g/mol. The maximum absolute atomic E-state index is 11.1. The predicted molar refractivity (Wildman–Crippen MR) is 112 cm³/mol. The van der Waals surface area contributed by atoms with Crippen LogP contribution in [0.3, 0.4) is 0 Å². The molecule has 0 bridgehead atoms.